The molecule has 5 heteroatoms. The smallest absolute Gasteiger partial charge is 0.232 e. The molecule has 0 fully saturated rings. The predicted octanol–water partition coefficient (Wildman–Crippen LogP) is 0.606. The van der Waals surface area contributed by atoms with Gasteiger partial charge in [-0.05, 0) is 23.8 Å². The first-order valence-electron chi connectivity index (χ1n) is 4.89. The second kappa shape index (κ2) is 3.84. The highest BCUT2D eigenvalue weighted by Crippen LogP contribution is 2.36. The number of ether oxygens (including phenoxy) is 1. The van der Waals surface area contributed by atoms with E-state index in [1.54, 1.807) is 25.3 Å². The van der Waals surface area contributed by atoms with E-state index in [1.165, 1.54) is 0 Å². The van der Waals surface area contributed by atoms with Gasteiger partial charge in [0, 0.05) is 12.1 Å². The first-order chi connectivity index (χ1) is 7.61. The van der Waals surface area contributed by atoms with Crippen LogP contribution in [0.15, 0.2) is 18.2 Å². The zero-order valence-electron chi connectivity index (χ0n) is 8.82. The van der Waals surface area contributed by atoms with E-state index in [4.69, 9.17) is 10.5 Å². The van der Waals surface area contributed by atoms with Gasteiger partial charge in [-0.1, -0.05) is 0 Å². The Morgan fingerprint density at radius 3 is 2.94 bits per heavy atom. The van der Waals surface area contributed by atoms with Crippen LogP contribution in [0.25, 0.3) is 0 Å². The molecule has 1 aromatic carbocycles. The van der Waals surface area contributed by atoms with Gasteiger partial charge in [-0.3, -0.25) is 9.59 Å². The van der Waals surface area contributed by atoms with Crippen LogP contribution in [0.3, 0.4) is 0 Å². The molecule has 0 saturated carbocycles. The number of nitrogens with two attached hydrogens (primary N) is 1. The van der Waals surface area contributed by atoms with Crippen molar-refractivity contribution in [2.75, 3.05) is 12.4 Å². The molecule has 16 heavy (non-hydrogen) atoms. The van der Waals surface area contributed by atoms with Crippen LogP contribution in [0.2, 0.25) is 0 Å². The molecule has 5 nitrogen and oxygen atoms in total. The number of rotatable bonds is 3. The molecule has 1 heterocycles. The van der Waals surface area contributed by atoms with Crippen LogP contribution in [0.5, 0.6) is 5.75 Å². The van der Waals surface area contributed by atoms with Gasteiger partial charge in [-0.15, -0.1) is 0 Å². The van der Waals surface area contributed by atoms with Gasteiger partial charge in [0.1, 0.15) is 5.75 Å². The number of fused-ring (bicyclic) bond motifs is 1. The number of carbonyl (C=O) groups excluding carboxylic acids is 2. The third-order valence-corrected chi connectivity index (χ3v) is 2.61. The summed E-state index contributed by atoms with van der Waals surface area (Å²) in [4.78, 5) is 22.5. The Kier molecular flexibility index (Phi) is 2.52. The molecule has 0 bridgehead atoms. The summed E-state index contributed by atoms with van der Waals surface area (Å²) in [6, 6.07) is 5.26. The van der Waals surface area contributed by atoms with E-state index in [9.17, 15) is 9.59 Å². The minimum Gasteiger partial charge on any atom is -0.497 e. The fourth-order valence-corrected chi connectivity index (χ4v) is 1.83. The highest BCUT2D eigenvalue weighted by atomic mass is 16.5. The number of hydrogen-bond donors (Lipinski definition) is 2. The van der Waals surface area contributed by atoms with Crippen LogP contribution in [0.4, 0.5) is 5.69 Å². The number of anilines is 1. The standard InChI is InChI=1S/C11H12N2O3/c1-16-6-2-3-9-7(4-6)8(5-10(12)14)11(15)13-9/h2-4,8H,5H2,1H3,(H2,12,14)(H,13,15). The van der Waals surface area contributed by atoms with Gasteiger partial charge in [0.05, 0.1) is 13.0 Å². The van der Waals surface area contributed by atoms with Crippen molar-refractivity contribution in [3.63, 3.8) is 0 Å². The summed E-state index contributed by atoms with van der Waals surface area (Å²) < 4.78 is 5.07. The molecule has 1 atom stereocenters. The van der Waals surface area contributed by atoms with Gasteiger partial charge < -0.3 is 15.8 Å². The van der Waals surface area contributed by atoms with Gasteiger partial charge >= 0.3 is 0 Å². The zero-order valence-corrected chi connectivity index (χ0v) is 8.82. The van der Waals surface area contributed by atoms with Gasteiger partial charge in [-0.2, -0.15) is 0 Å². The summed E-state index contributed by atoms with van der Waals surface area (Å²) in [5, 5.41) is 2.70. The third kappa shape index (κ3) is 1.71. The highest BCUT2D eigenvalue weighted by Gasteiger charge is 2.31. The van der Waals surface area contributed by atoms with E-state index < -0.39 is 11.8 Å². The number of primary amides is 1. The summed E-state index contributed by atoms with van der Waals surface area (Å²) in [5.74, 6) is -0.523. The van der Waals surface area contributed by atoms with Crippen molar-refractivity contribution in [3.8, 4) is 5.75 Å². The molecule has 0 aliphatic carbocycles. The Morgan fingerprint density at radius 1 is 1.56 bits per heavy atom. The first-order valence-corrected chi connectivity index (χ1v) is 4.89. The minimum absolute atomic E-state index is 0.0198. The Balaban J connectivity index is 2.37. The van der Waals surface area contributed by atoms with Gasteiger partial charge in [0.2, 0.25) is 11.8 Å². The lowest BCUT2D eigenvalue weighted by Gasteiger charge is -2.07. The van der Waals surface area contributed by atoms with E-state index >= 15 is 0 Å². The molecule has 0 saturated heterocycles. The predicted molar refractivity (Wildman–Crippen MR) is 58.2 cm³/mol. The number of hydrogen-bond acceptors (Lipinski definition) is 3. The van der Waals surface area contributed by atoms with Crippen molar-refractivity contribution < 1.29 is 14.3 Å². The average Bonchev–Trinajstić information content (AvgIpc) is 2.54. The molecule has 84 valence electrons. The van der Waals surface area contributed by atoms with Gasteiger partial charge in [0.15, 0.2) is 0 Å². The summed E-state index contributed by atoms with van der Waals surface area (Å²) in [6.45, 7) is 0. The Bertz CT molecular complexity index is 457. The number of carbonyl (C=O) groups is 2. The van der Waals surface area contributed by atoms with Crippen LogP contribution in [0, 0.1) is 0 Å². The lowest BCUT2D eigenvalue weighted by atomic mass is 9.97. The van der Waals surface area contributed by atoms with Gasteiger partial charge in [0.25, 0.3) is 0 Å². The summed E-state index contributed by atoms with van der Waals surface area (Å²) in [6.07, 6.45) is 0.0198. The van der Waals surface area contributed by atoms with E-state index in [2.05, 4.69) is 5.32 Å². The fourth-order valence-electron chi connectivity index (χ4n) is 1.83. The molecule has 1 aliphatic rings. The van der Waals surface area contributed by atoms with Crippen molar-refractivity contribution in [1.29, 1.82) is 0 Å². The van der Waals surface area contributed by atoms with Crippen LogP contribution in [-0.2, 0) is 9.59 Å². The molecule has 0 spiro atoms. The molecule has 2 amide bonds. The molecule has 1 unspecified atom stereocenters. The van der Waals surface area contributed by atoms with Crippen LogP contribution in [-0.4, -0.2) is 18.9 Å². The van der Waals surface area contributed by atoms with E-state index in [0.717, 1.165) is 11.3 Å². The number of benzene rings is 1. The molecule has 0 aromatic heterocycles. The summed E-state index contributed by atoms with van der Waals surface area (Å²) >= 11 is 0. The minimum atomic E-state index is -0.498. The van der Waals surface area contributed by atoms with E-state index in [1.807, 2.05) is 0 Å². The first kappa shape index (κ1) is 10.5. The monoisotopic (exact) mass is 220 g/mol. The Hall–Kier alpha value is -2.04. The maximum Gasteiger partial charge on any atom is 0.232 e. The van der Waals surface area contributed by atoms with Crippen LogP contribution >= 0.6 is 0 Å². The third-order valence-electron chi connectivity index (χ3n) is 2.61. The molecule has 3 N–H and O–H groups in total. The quantitative estimate of drug-likeness (QED) is 0.782. The number of methoxy groups -OCH3 is 1. The van der Waals surface area contributed by atoms with Crippen LogP contribution < -0.4 is 15.8 Å². The fraction of sp³-hybridized carbons (Fsp3) is 0.273. The molecule has 2 rings (SSSR count). The van der Waals surface area contributed by atoms with Crippen molar-refractivity contribution in [2.45, 2.75) is 12.3 Å². The summed E-state index contributed by atoms with van der Waals surface area (Å²) in [7, 11) is 1.55. The molecular weight excluding hydrogens is 208 g/mol. The summed E-state index contributed by atoms with van der Waals surface area (Å²) in [5.41, 5.74) is 6.60. The highest BCUT2D eigenvalue weighted by molar-refractivity contribution is 6.04. The molecule has 1 aliphatic heterocycles. The average molecular weight is 220 g/mol. The normalized spacial score (nSPS) is 17.8. The lowest BCUT2D eigenvalue weighted by molar-refractivity contribution is -0.123. The van der Waals surface area contributed by atoms with Gasteiger partial charge in [-0.25, -0.2) is 0 Å². The zero-order chi connectivity index (χ0) is 11.7. The second-order valence-corrected chi connectivity index (χ2v) is 3.67. The molecular formula is C11H12N2O3. The molecule has 1 aromatic rings. The van der Waals surface area contributed by atoms with Crippen molar-refractivity contribution in [3.05, 3.63) is 23.8 Å². The lowest BCUT2D eigenvalue weighted by Crippen LogP contribution is -2.20. The maximum atomic E-state index is 11.6. The SMILES string of the molecule is COc1ccc2c(c1)C(CC(N)=O)C(=O)N2. The molecule has 0 radical (unpaired) electrons. The second-order valence-electron chi connectivity index (χ2n) is 3.67. The van der Waals surface area contributed by atoms with E-state index in [0.29, 0.717) is 5.75 Å². The van der Waals surface area contributed by atoms with Crippen molar-refractivity contribution in [1.82, 2.24) is 0 Å². The van der Waals surface area contributed by atoms with Crippen LogP contribution in [0.1, 0.15) is 17.9 Å². The number of nitrogens with one attached hydrogen (secondary N) is 1. The Morgan fingerprint density at radius 2 is 2.31 bits per heavy atom. The van der Waals surface area contributed by atoms with E-state index in [-0.39, 0.29) is 12.3 Å². The number of amides is 2. The topological polar surface area (TPSA) is 81.4 Å². The van der Waals surface area contributed by atoms with Crippen molar-refractivity contribution in [2.24, 2.45) is 5.73 Å². The van der Waals surface area contributed by atoms with Crippen molar-refractivity contribution >= 4 is 17.5 Å². The maximum absolute atomic E-state index is 11.6. The Labute approximate surface area is 92.6 Å². The largest absolute Gasteiger partial charge is 0.497 e.